The van der Waals surface area contributed by atoms with Crippen LogP contribution in [-0.4, -0.2) is 19.0 Å². The number of nitrogens with two attached hydrogens (primary N) is 1. The van der Waals surface area contributed by atoms with Crippen LogP contribution in [0.3, 0.4) is 0 Å². The zero-order chi connectivity index (χ0) is 13.1. The molecule has 0 spiro atoms. The first-order chi connectivity index (χ1) is 8.58. The molecule has 1 aromatic carbocycles. The van der Waals surface area contributed by atoms with Gasteiger partial charge in [-0.05, 0) is 37.4 Å². The Bertz CT molecular complexity index is 449. The van der Waals surface area contributed by atoms with Crippen LogP contribution in [0.4, 0.5) is 4.39 Å². The molecule has 3 N–H and O–H groups in total. The number of hydrogen-bond donors (Lipinski definition) is 2. The highest BCUT2D eigenvalue weighted by Gasteiger charge is 2.24. The van der Waals surface area contributed by atoms with Crippen LogP contribution < -0.4 is 11.1 Å². The predicted molar refractivity (Wildman–Crippen MR) is 71.6 cm³/mol. The summed E-state index contributed by atoms with van der Waals surface area (Å²) in [6.07, 6.45) is 2.47. The van der Waals surface area contributed by atoms with Crippen LogP contribution in [0.1, 0.15) is 24.3 Å². The third kappa shape index (κ3) is 3.53. The predicted octanol–water partition coefficient (Wildman–Crippen LogP) is 2.16. The fourth-order valence-corrected chi connectivity index (χ4v) is 2.23. The summed E-state index contributed by atoms with van der Waals surface area (Å²) in [6, 6.07) is 4.68. The Morgan fingerprint density at radius 2 is 2.28 bits per heavy atom. The van der Waals surface area contributed by atoms with E-state index in [1.807, 2.05) is 0 Å². The van der Waals surface area contributed by atoms with Gasteiger partial charge in [0.15, 0.2) is 0 Å². The molecular weight excluding hydrogens is 299 g/mol. The monoisotopic (exact) mass is 314 g/mol. The Hall–Kier alpha value is -0.940. The number of benzene rings is 1. The van der Waals surface area contributed by atoms with Gasteiger partial charge in [0, 0.05) is 16.6 Å². The second-order valence-electron chi connectivity index (χ2n) is 4.72. The average Bonchev–Trinajstić information content (AvgIpc) is 3.09. The first-order valence-corrected chi connectivity index (χ1v) is 6.82. The summed E-state index contributed by atoms with van der Waals surface area (Å²) in [5.41, 5.74) is 5.71. The van der Waals surface area contributed by atoms with Crippen molar-refractivity contribution in [3.63, 3.8) is 0 Å². The second kappa shape index (κ2) is 5.80. The fourth-order valence-electron chi connectivity index (χ4n) is 1.90. The van der Waals surface area contributed by atoms with Crippen LogP contribution >= 0.6 is 15.9 Å². The number of nitrogens with one attached hydrogen (secondary N) is 1. The van der Waals surface area contributed by atoms with Gasteiger partial charge in [-0.25, -0.2) is 4.39 Å². The molecule has 5 heteroatoms. The van der Waals surface area contributed by atoms with Gasteiger partial charge >= 0.3 is 0 Å². The van der Waals surface area contributed by atoms with Crippen LogP contribution in [0.2, 0.25) is 0 Å². The molecule has 1 aliphatic rings. The lowest BCUT2D eigenvalue weighted by Crippen LogP contribution is -2.32. The lowest BCUT2D eigenvalue weighted by molar-refractivity contribution is -0.119. The van der Waals surface area contributed by atoms with E-state index in [4.69, 9.17) is 5.73 Å². The molecule has 0 heterocycles. The van der Waals surface area contributed by atoms with E-state index in [2.05, 4.69) is 21.2 Å². The maximum Gasteiger partial charge on any atom is 0.226 e. The Morgan fingerprint density at radius 1 is 1.56 bits per heavy atom. The van der Waals surface area contributed by atoms with Gasteiger partial charge in [0.1, 0.15) is 5.82 Å². The number of amides is 1. The molecule has 0 bridgehead atoms. The number of carbonyl (C=O) groups excluding carboxylic acids is 1. The van der Waals surface area contributed by atoms with Gasteiger partial charge in [-0.15, -0.1) is 0 Å². The first kappa shape index (κ1) is 13.5. The van der Waals surface area contributed by atoms with E-state index in [0.29, 0.717) is 22.5 Å². The SMILES string of the molecule is NC(=O)[C@H](CNCC1CC1)c1ccc(Br)cc1F. The third-order valence-corrected chi connectivity index (χ3v) is 3.65. The topological polar surface area (TPSA) is 55.1 Å². The van der Waals surface area contributed by atoms with Crippen LogP contribution in [0.15, 0.2) is 22.7 Å². The zero-order valence-electron chi connectivity index (χ0n) is 9.96. The van der Waals surface area contributed by atoms with Gasteiger partial charge in [-0.1, -0.05) is 22.0 Å². The number of carbonyl (C=O) groups is 1. The number of primary amides is 1. The minimum absolute atomic E-state index is 0.356. The van der Waals surface area contributed by atoms with E-state index in [0.717, 1.165) is 6.54 Å². The van der Waals surface area contributed by atoms with Gasteiger partial charge < -0.3 is 11.1 Å². The maximum atomic E-state index is 13.8. The molecule has 2 rings (SSSR count). The van der Waals surface area contributed by atoms with Gasteiger partial charge in [0.25, 0.3) is 0 Å². The van der Waals surface area contributed by atoms with Crippen molar-refractivity contribution in [1.82, 2.24) is 5.32 Å². The summed E-state index contributed by atoms with van der Waals surface area (Å²) in [5.74, 6) is -0.800. The molecule has 1 fully saturated rings. The van der Waals surface area contributed by atoms with Gasteiger partial charge in [-0.3, -0.25) is 4.79 Å². The molecule has 0 saturated heterocycles. The van der Waals surface area contributed by atoms with Crippen molar-refractivity contribution >= 4 is 21.8 Å². The summed E-state index contributed by atoms with van der Waals surface area (Å²) in [6.45, 7) is 1.27. The van der Waals surface area contributed by atoms with Crippen molar-refractivity contribution < 1.29 is 9.18 Å². The van der Waals surface area contributed by atoms with Crippen molar-refractivity contribution in [2.24, 2.45) is 11.7 Å². The molecular formula is C13H16BrFN2O. The standard InChI is InChI=1S/C13H16BrFN2O/c14-9-3-4-10(12(15)5-9)11(13(16)18)7-17-6-8-1-2-8/h3-5,8,11,17H,1-2,6-7H2,(H2,16,18)/t11-/m1/s1. The van der Waals surface area contributed by atoms with Crippen LogP contribution in [-0.2, 0) is 4.79 Å². The van der Waals surface area contributed by atoms with E-state index < -0.39 is 17.6 Å². The smallest absolute Gasteiger partial charge is 0.226 e. The van der Waals surface area contributed by atoms with Crippen molar-refractivity contribution in [3.05, 3.63) is 34.1 Å². The van der Waals surface area contributed by atoms with Crippen LogP contribution in [0.25, 0.3) is 0 Å². The van der Waals surface area contributed by atoms with Gasteiger partial charge in [0.2, 0.25) is 5.91 Å². The summed E-state index contributed by atoms with van der Waals surface area (Å²) >= 11 is 3.19. The average molecular weight is 315 g/mol. The Labute approximate surface area is 114 Å². The summed E-state index contributed by atoms with van der Waals surface area (Å²) < 4.78 is 14.4. The summed E-state index contributed by atoms with van der Waals surface area (Å²) in [7, 11) is 0. The molecule has 1 saturated carbocycles. The highest BCUT2D eigenvalue weighted by Crippen LogP contribution is 2.28. The molecule has 1 aromatic rings. The Kier molecular flexibility index (Phi) is 4.35. The van der Waals surface area contributed by atoms with Crippen molar-refractivity contribution in [2.45, 2.75) is 18.8 Å². The number of halogens is 2. The molecule has 98 valence electrons. The normalized spacial score (nSPS) is 16.6. The van der Waals surface area contributed by atoms with Gasteiger partial charge in [-0.2, -0.15) is 0 Å². The number of hydrogen-bond acceptors (Lipinski definition) is 2. The summed E-state index contributed by atoms with van der Waals surface area (Å²) in [5, 5.41) is 3.19. The minimum Gasteiger partial charge on any atom is -0.369 e. The highest BCUT2D eigenvalue weighted by atomic mass is 79.9. The van der Waals surface area contributed by atoms with Crippen LogP contribution in [0.5, 0.6) is 0 Å². The molecule has 18 heavy (non-hydrogen) atoms. The molecule has 1 atom stereocenters. The Balaban J connectivity index is 2.04. The maximum absolute atomic E-state index is 13.8. The second-order valence-corrected chi connectivity index (χ2v) is 5.64. The van der Waals surface area contributed by atoms with Crippen molar-refractivity contribution in [1.29, 1.82) is 0 Å². The third-order valence-electron chi connectivity index (χ3n) is 3.16. The lowest BCUT2D eigenvalue weighted by atomic mass is 9.98. The highest BCUT2D eigenvalue weighted by molar-refractivity contribution is 9.10. The largest absolute Gasteiger partial charge is 0.369 e. The van der Waals surface area contributed by atoms with Gasteiger partial charge in [0.05, 0.1) is 5.92 Å². The van der Waals surface area contributed by atoms with E-state index in [9.17, 15) is 9.18 Å². The van der Waals surface area contributed by atoms with Crippen molar-refractivity contribution in [2.75, 3.05) is 13.1 Å². The minimum atomic E-state index is -0.614. The molecule has 0 unspecified atom stereocenters. The molecule has 3 nitrogen and oxygen atoms in total. The lowest BCUT2D eigenvalue weighted by Gasteiger charge is -2.15. The van der Waals surface area contributed by atoms with E-state index in [1.54, 1.807) is 12.1 Å². The molecule has 0 aromatic heterocycles. The first-order valence-electron chi connectivity index (χ1n) is 6.03. The molecule has 0 radical (unpaired) electrons. The zero-order valence-corrected chi connectivity index (χ0v) is 11.5. The molecule has 0 aliphatic heterocycles. The molecule has 1 amide bonds. The van der Waals surface area contributed by atoms with E-state index in [-0.39, 0.29) is 0 Å². The quantitative estimate of drug-likeness (QED) is 0.845. The van der Waals surface area contributed by atoms with Crippen molar-refractivity contribution in [3.8, 4) is 0 Å². The van der Waals surface area contributed by atoms with E-state index in [1.165, 1.54) is 18.9 Å². The summed E-state index contributed by atoms with van der Waals surface area (Å²) in [4.78, 5) is 11.4. The van der Waals surface area contributed by atoms with Crippen LogP contribution in [0, 0.1) is 11.7 Å². The van der Waals surface area contributed by atoms with E-state index >= 15 is 0 Å². The Morgan fingerprint density at radius 3 is 2.83 bits per heavy atom. The fraction of sp³-hybridized carbons (Fsp3) is 0.462. The molecule has 1 aliphatic carbocycles. The number of rotatable bonds is 6.